The zero-order valence-electron chi connectivity index (χ0n) is 12.0. The fraction of sp³-hybridized carbons (Fsp3) is 0.412. The van der Waals surface area contributed by atoms with Crippen LogP contribution in [0.3, 0.4) is 0 Å². The highest BCUT2D eigenvalue weighted by molar-refractivity contribution is 6.42. The lowest BCUT2D eigenvalue weighted by Crippen LogP contribution is -2.28. The van der Waals surface area contributed by atoms with E-state index < -0.39 is 0 Å². The molecule has 0 bridgehead atoms. The summed E-state index contributed by atoms with van der Waals surface area (Å²) in [4.78, 5) is 0. The Morgan fingerprint density at radius 1 is 1.29 bits per heavy atom. The van der Waals surface area contributed by atoms with Crippen molar-refractivity contribution in [1.82, 2.24) is 5.32 Å². The van der Waals surface area contributed by atoms with Crippen LogP contribution in [-0.4, -0.2) is 0 Å². The van der Waals surface area contributed by atoms with Crippen molar-refractivity contribution in [3.8, 4) is 0 Å². The van der Waals surface area contributed by atoms with Gasteiger partial charge in [-0.25, -0.2) is 0 Å². The molecule has 0 aliphatic heterocycles. The van der Waals surface area contributed by atoms with Crippen LogP contribution in [0.1, 0.15) is 55.2 Å². The SMILES string of the molecule is CCC(NC1CCCc2occc21)c1ccc(Cl)c(Cl)c1. The molecule has 0 fully saturated rings. The molecule has 21 heavy (non-hydrogen) atoms. The molecule has 2 unspecified atom stereocenters. The van der Waals surface area contributed by atoms with E-state index in [4.69, 9.17) is 27.6 Å². The minimum Gasteiger partial charge on any atom is -0.469 e. The molecule has 0 spiro atoms. The second-order valence-electron chi connectivity index (χ2n) is 5.54. The maximum Gasteiger partial charge on any atom is 0.108 e. The van der Waals surface area contributed by atoms with Crippen LogP contribution >= 0.6 is 23.2 Å². The third-order valence-electron chi connectivity index (χ3n) is 4.21. The molecule has 2 aromatic rings. The van der Waals surface area contributed by atoms with Crippen molar-refractivity contribution in [2.45, 2.75) is 44.7 Å². The molecule has 0 amide bonds. The fourth-order valence-electron chi connectivity index (χ4n) is 3.08. The van der Waals surface area contributed by atoms with Crippen LogP contribution in [0.15, 0.2) is 34.9 Å². The molecular formula is C17H19Cl2NO. The standard InChI is InChI=1S/C17H19Cl2NO/c1-2-15(11-6-7-13(18)14(19)10-11)20-16-4-3-5-17-12(16)8-9-21-17/h6-10,15-16,20H,2-5H2,1H3. The van der Waals surface area contributed by atoms with E-state index in [9.17, 15) is 0 Å². The van der Waals surface area contributed by atoms with Gasteiger partial charge in [0.15, 0.2) is 0 Å². The highest BCUT2D eigenvalue weighted by Gasteiger charge is 2.25. The zero-order chi connectivity index (χ0) is 14.8. The second kappa shape index (κ2) is 6.43. The lowest BCUT2D eigenvalue weighted by atomic mass is 9.91. The summed E-state index contributed by atoms with van der Waals surface area (Å²) < 4.78 is 5.56. The van der Waals surface area contributed by atoms with Crippen molar-refractivity contribution in [2.75, 3.05) is 0 Å². The molecule has 1 heterocycles. The van der Waals surface area contributed by atoms with Gasteiger partial charge in [-0.2, -0.15) is 0 Å². The van der Waals surface area contributed by atoms with Gasteiger partial charge in [-0.3, -0.25) is 0 Å². The van der Waals surface area contributed by atoms with Crippen LogP contribution < -0.4 is 5.32 Å². The van der Waals surface area contributed by atoms with Gasteiger partial charge in [-0.1, -0.05) is 36.2 Å². The van der Waals surface area contributed by atoms with Crippen molar-refractivity contribution in [1.29, 1.82) is 0 Å². The molecule has 2 atom stereocenters. The number of hydrogen-bond acceptors (Lipinski definition) is 2. The molecule has 1 aliphatic carbocycles. The average molecular weight is 324 g/mol. The van der Waals surface area contributed by atoms with Gasteiger partial charge in [0.1, 0.15) is 5.76 Å². The molecule has 2 nitrogen and oxygen atoms in total. The van der Waals surface area contributed by atoms with E-state index >= 15 is 0 Å². The molecule has 0 radical (unpaired) electrons. The summed E-state index contributed by atoms with van der Waals surface area (Å²) in [7, 11) is 0. The summed E-state index contributed by atoms with van der Waals surface area (Å²) >= 11 is 12.2. The van der Waals surface area contributed by atoms with Gasteiger partial charge in [-0.05, 0) is 43.0 Å². The fourth-order valence-corrected chi connectivity index (χ4v) is 3.39. The summed E-state index contributed by atoms with van der Waals surface area (Å²) in [5.74, 6) is 1.13. The van der Waals surface area contributed by atoms with E-state index in [0.29, 0.717) is 16.1 Å². The van der Waals surface area contributed by atoms with E-state index in [1.807, 2.05) is 12.1 Å². The topological polar surface area (TPSA) is 25.2 Å². The van der Waals surface area contributed by atoms with Gasteiger partial charge < -0.3 is 9.73 Å². The van der Waals surface area contributed by atoms with Gasteiger partial charge in [0, 0.05) is 24.1 Å². The van der Waals surface area contributed by atoms with E-state index in [2.05, 4.69) is 24.4 Å². The van der Waals surface area contributed by atoms with Crippen LogP contribution in [0.25, 0.3) is 0 Å². The number of aryl methyl sites for hydroxylation is 1. The summed E-state index contributed by atoms with van der Waals surface area (Å²) in [5.41, 5.74) is 2.49. The van der Waals surface area contributed by atoms with Crippen LogP contribution in [-0.2, 0) is 6.42 Å². The Balaban J connectivity index is 1.81. The summed E-state index contributed by atoms with van der Waals surface area (Å²) in [6.07, 6.45) is 6.15. The molecule has 3 rings (SSSR count). The molecule has 1 aliphatic rings. The molecule has 0 saturated heterocycles. The van der Waals surface area contributed by atoms with Crippen molar-refractivity contribution >= 4 is 23.2 Å². The molecule has 1 N–H and O–H groups in total. The molecule has 1 aromatic heterocycles. The van der Waals surface area contributed by atoms with Crippen LogP contribution in [0.5, 0.6) is 0 Å². The summed E-state index contributed by atoms with van der Waals surface area (Å²) in [6, 6.07) is 8.60. The van der Waals surface area contributed by atoms with E-state index in [1.54, 1.807) is 6.26 Å². The summed E-state index contributed by atoms with van der Waals surface area (Å²) in [6.45, 7) is 2.18. The Morgan fingerprint density at radius 2 is 2.14 bits per heavy atom. The zero-order valence-corrected chi connectivity index (χ0v) is 13.5. The minimum atomic E-state index is 0.269. The molecule has 0 saturated carbocycles. The maximum absolute atomic E-state index is 6.15. The first-order chi connectivity index (χ1) is 10.2. The predicted molar refractivity (Wildman–Crippen MR) is 87.0 cm³/mol. The lowest BCUT2D eigenvalue weighted by molar-refractivity contribution is 0.371. The number of furan rings is 1. The normalized spacial score (nSPS) is 19.3. The van der Waals surface area contributed by atoms with Gasteiger partial charge in [0.25, 0.3) is 0 Å². The number of rotatable bonds is 4. The number of fused-ring (bicyclic) bond motifs is 1. The number of hydrogen-bond donors (Lipinski definition) is 1. The highest BCUT2D eigenvalue weighted by Crippen LogP contribution is 2.34. The van der Waals surface area contributed by atoms with Crippen LogP contribution in [0.4, 0.5) is 0 Å². The molecular weight excluding hydrogens is 305 g/mol. The van der Waals surface area contributed by atoms with E-state index in [1.165, 1.54) is 11.1 Å². The second-order valence-corrected chi connectivity index (χ2v) is 6.36. The summed E-state index contributed by atoms with van der Waals surface area (Å²) in [5, 5.41) is 4.96. The van der Waals surface area contributed by atoms with Crippen LogP contribution in [0, 0.1) is 0 Å². The Kier molecular flexibility index (Phi) is 4.58. The quantitative estimate of drug-likeness (QED) is 0.780. The number of halogens is 2. The number of benzene rings is 1. The van der Waals surface area contributed by atoms with Gasteiger partial charge in [-0.15, -0.1) is 0 Å². The number of nitrogens with one attached hydrogen (secondary N) is 1. The Hall–Kier alpha value is -0.960. The minimum absolute atomic E-state index is 0.269. The van der Waals surface area contributed by atoms with Crippen molar-refractivity contribution in [3.05, 3.63) is 57.5 Å². The predicted octanol–water partition coefficient (Wildman–Crippen LogP) is 5.70. The van der Waals surface area contributed by atoms with Crippen LogP contribution in [0.2, 0.25) is 10.0 Å². The Labute approximate surface area is 135 Å². The van der Waals surface area contributed by atoms with Gasteiger partial charge in [0.2, 0.25) is 0 Å². The third-order valence-corrected chi connectivity index (χ3v) is 4.95. The Morgan fingerprint density at radius 3 is 2.90 bits per heavy atom. The maximum atomic E-state index is 6.15. The van der Waals surface area contributed by atoms with Gasteiger partial charge in [0.05, 0.1) is 16.3 Å². The largest absolute Gasteiger partial charge is 0.469 e. The van der Waals surface area contributed by atoms with Gasteiger partial charge >= 0.3 is 0 Å². The molecule has 1 aromatic carbocycles. The Bertz CT molecular complexity index is 623. The first-order valence-corrected chi connectivity index (χ1v) is 8.22. The van der Waals surface area contributed by atoms with Crippen molar-refractivity contribution in [2.24, 2.45) is 0 Å². The van der Waals surface area contributed by atoms with E-state index in [-0.39, 0.29) is 6.04 Å². The monoisotopic (exact) mass is 323 g/mol. The third kappa shape index (κ3) is 3.13. The first kappa shape index (κ1) is 15.0. The molecule has 4 heteroatoms. The van der Waals surface area contributed by atoms with E-state index in [0.717, 1.165) is 31.4 Å². The molecule has 112 valence electrons. The first-order valence-electron chi connectivity index (χ1n) is 7.46. The highest BCUT2D eigenvalue weighted by atomic mass is 35.5. The smallest absolute Gasteiger partial charge is 0.108 e. The van der Waals surface area contributed by atoms with Crippen molar-refractivity contribution < 1.29 is 4.42 Å². The lowest BCUT2D eigenvalue weighted by Gasteiger charge is -2.28. The average Bonchev–Trinajstić information content (AvgIpc) is 2.97. The van der Waals surface area contributed by atoms with Crippen molar-refractivity contribution in [3.63, 3.8) is 0 Å².